The molecule has 5 rings (SSSR count). The van der Waals surface area contributed by atoms with Gasteiger partial charge in [-0.2, -0.15) is 5.10 Å². The summed E-state index contributed by atoms with van der Waals surface area (Å²) in [6, 6.07) is 9.57. The average molecular weight is 431 g/mol. The van der Waals surface area contributed by atoms with E-state index in [1.165, 1.54) is 6.39 Å². The summed E-state index contributed by atoms with van der Waals surface area (Å²) >= 11 is 3.35. The number of hydrogen-bond acceptors (Lipinski definition) is 4. The average Bonchev–Trinajstić information content (AvgIpc) is 3.33. The highest BCUT2D eigenvalue weighted by atomic mass is 79.9. The van der Waals surface area contributed by atoms with Crippen LogP contribution in [0.4, 0.5) is 14.5 Å². The summed E-state index contributed by atoms with van der Waals surface area (Å²) in [4.78, 5) is 3.90. The lowest BCUT2D eigenvalue weighted by Crippen LogP contribution is -2.28. The van der Waals surface area contributed by atoms with Crippen LogP contribution in [0.15, 0.2) is 57.9 Å². The van der Waals surface area contributed by atoms with E-state index in [0.717, 1.165) is 15.4 Å². The molecule has 27 heavy (non-hydrogen) atoms. The van der Waals surface area contributed by atoms with Gasteiger partial charge < -0.3 is 9.73 Å². The third-order valence-electron chi connectivity index (χ3n) is 4.80. The Morgan fingerprint density at radius 2 is 2.11 bits per heavy atom. The molecule has 0 saturated heterocycles. The molecule has 0 amide bonds. The van der Waals surface area contributed by atoms with Gasteiger partial charge in [0.2, 0.25) is 0 Å². The van der Waals surface area contributed by atoms with Crippen molar-refractivity contribution in [1.29, 1.82) is 0 Å². The number of oxazole rings is 1. The minimum Gasteiger partial charge on any atom is -0.442 e. The second-order valence-electron chi connectivity index (χ2n) is 6.56. The van der Waals surface area contributed by atoms with E-state index in [1.54, 1.807) is 42.6 Å². The predicted molar refractivity (Wildman–Crippen MR) is 101 cm³/mol. The molecule has 0 bridgehead atoms. The van der Waals surface area contributed by atoms with Crippen LogP contribution in [0.3, 0.4) is 0 Å². The molecule has 1 aliphatic carbocycles. The maximum Gasteiger partial charge on any atom is 0.275 e. The van der Waals surface area contributed by atoms with E-state index in [0.29, 0.717) is 28.3 Å². The highest BCUT2D eigenvalue weighted by molar-refractivity contribution is 9.10. The zero-order chi connectivity index (χ0) is 18.6. The van der Waals surface area contributed by atoms with E-state index in [-0.39, 0.29) is 6.42 Å². The molecule has 0 radical (unpaired) electrons. The lowest BCUT2D eigenvalue weighted by Gasteiger charge is -2.22. The van der Waals surface area contributed by atoms with Crippen molar-refractivity contribution in [2.75, 3.05) is 5.32 Å². The highest BCUT2D eigenvalue weighted by Gasteiger charge is 2.47. The van der Waals surface area contributed by atoms with Crippen molar-refractivity contribution in [3.05, 3.63) is 64.6 Å². The Balaban J connectivity index is 1.54. The Morgan fingerprint density at radius 3 is 2.93 bits per heavy atom. The SMILES string of the molecule is FC1(F)Cc2cc(Br)ccc2C1Nc1ccc2[nH]nc(-c3cnco3)c2c1. The molecule has 8 heteroatoms. The predicted octanol–water partition coefficient (Wildman–Crippen LogP) is 5.33. The summed E-state index contributed by atoms with van der Waals surface area (Å²) < 4.78 is 35.4. The summed E-state index contributed by atoms with van der Waals surface area (Å²) in [5.74, 6) is -2.36. The Labute approximate surface area is 160 Å². The number of nitrogens with one attached hydrogen (secondary N) is 2. The van der Waals surface area contributed by atoms with E-state index in [1.807, 2.05) is 0 Å². The number of rotatable bonds is 3. The zero-order valence-corrected chi connectivity index (χ0v) is 15.4. The first-order valence-corrected chi connectivity index (χ1v) is 9.10. The number of benzene rings is 2. The normalized spacial score (nSPS) is 18.0. The number of H-pyrrole nitrogens is 1. The molecule has 2 N–H and O–H groups in total. The van der Waals surface area contributed by atoms with Crippen LogP contribution in [0, 0.1) is 0 Å². The Bertz CT molecular complexity index is 1140. The number of halogens is 3. The molecule has 1 aliphatic rings. The fourth-order valence-corrected chi connectivity index (χ4v) is 3.98. The number of aromatic amines is 1. The van der Waals surface area contributed by atoms with Gasteiger partial charge in [0.25, 0.3) is 5.92 Å². The van der Waals surface area contributed by atoms with Crippen LogP contribution in [0.2, 0.25) is 0 Å². The third kappa shape index (κ3) is 2.71. The molecular weight excluding hydrogens is 418 g/mol. The number of aromatic nitrogens is 3. The number of anilines is 1. The van der Waals surface area contributed by atoms with Crippen LogP contribution in [-0.4, -0.2) is 21.1 Å². The Kier molecular flexibility index (Phi) is 3.58. The summed E-state index contributed by atoms with van der Waals surface area (Å²) in [6.07, 6.45) is 2.61. The fraction of sp³-hybridized carbons (Fsp3) is 0.158. The van der Waals surface area contributed by atoms with E-state index in [2.05, 4.69) is 36.4 Å². The molecule has 0 saturated carbocycles. The molecule has 0 aliphatic heterocycles. The van der Waals surface area contributed by atoms with E-state index in [4.69, 9.17) is 4.42 Å². The molecule has 1 atom stereocenters. The molecule has 1 unspecified atom stereocenters. The maximum atomic E-state index is 14.7. The van der Waals surface area contributed by atoms with Crippen LogP contribution in [0.1, 0.15) is 17.2 Å². The van der Waals surface area contributed by atoms with E-state index < -0.39 is 12.0 Å². The Hall–Kier alpha value is -2.74. The number of fused-ring (bicyclic) bond motifs is 2. The smallest absolute Gasteiger partial charge is 0.275 e. The van der Waals surface area contributed by atoms with E-state index in [9.17, 15) is 8.78 Å². The summed E-state index contributed by atoms with van der Waals surface area (Å²) in [5, 5.41) is 10.9. The fourth-order valence-electron chi connectivity index (χ4n) is 3.57. The molecule has 5 nitrogen and oxygen atoms in total. The Morgan fingerprint density at radius 1 is 1.22 bits per heavy atom. The van der Waals surface area contributed by atoms with Gasteiger partial charge in [0.05, 0.1) is 11.7 Å². The second kappa shape index (κ2) is 5.88. The number of hydrogen-bond donors (Lipinski definition) is 2. The van der Waals surface area contributed by atoms with Crippen LogP contribution in [0.25, 0.3) is 22.4 Å². The van der Waals surface area contributed by atoms with Gasteiger partial charge in [-0.05, 0) is 41.5 Å². The van der Waals surface area contributed by atoms with Crippen LogP contribution >= 0.6 is 15.9 Å². The number of alkyl halides is 2. The van der Waals surface area contributed by atoms with Crippen molar-refractivity contribution >= 4 is 32.5 Å². The van der Waals surface area contributed by atoms with Crippen molar-refractivity contribution in [3.63, 3.8) is 0 Å². The lowest BCUT2D eigenvalue weighted by molar-refractivity contribution is -0.00705. The highest BCUT2D eigenvalue weighted by Crippen LogP contribution is 2.46. The maximum absolute atomic E-state index is 14.7. The first-order valence-electron chi connectivity index (χ1n) is 8.31. The molecule has 2 heterocycles. The first-order chi connectivity index (χ1) is 13.0. The summed E-state index contributed by atoms with van der Waals surface area (Å²) in [7, 11) is 0. The lowest BCUT2D eigenvalue weighted by atomic mass is 10.1. The first kappa shape index (κ1) is 16.4. The molecule has 136 valence electrons. The van der Waals surface area contributed by atoms with E-state index >= 15 is 0 Å². The van der Waals surface area contributed by atoms with Gasteiger partial charge in [-0.25, -0.2) is 13.8 Å². The van der Waals surface area contributed by atoms with Gasteiger partial charge in [0.1, 0.15) is 11.7 Å². The van der Waals surface area contributed by atoms with Crippen molar-refractivity contribution in [3.8, 4) is 11.5 Å². The van der Waals surface area contributed by atoms with Gasteiger partial charge in [-0.3, -0.25) is 5.10 Å². The van der Waals surface area contributed by atoms with Crippen molar-refractivity contribution in [1.82, 2.24) is 15.2 Å². The molecule has 2 aromatic heterocycles. The standard InChI is InChI=1S/C19H13BrF2N4O/c20-11-1-3-13-10(5-11)7-19(21,22)18(13)24-12-2-4-15-14(6-12)17(26-25-15)16-8-23-9-27-16/h1-6,8-9,18,24H,7H2,(H,25,26). The van der Waals surface area contributed by atoms with Gasteiger partial charge in [0.15, 0.2) is 12.2 Å². The van der Waals surface area contributed by atoms with Gasteiger partial charge in [-0.1, -0.05) is 22.0 Å². The number of nitrogens with zero attached hydrogens (tertiary/aromatic N) is 2. The minimum absolute atomic E-state index is 0.281. The van der Waals surface area contributed by atoms with Crippen LogP contribution in [0.5, 0.6) is 0 Å². The minimum atomic E-state index is -2.87. The van der Waals surface area contributed by atoms with Gasteiger partial charge >= 0.3 is 0 Å². The largest absolute Gasteiger partial charge is 0.442 e. The van der Waals surface area contributed by atoms with Gasteiger partial charge in [0, 0.05) is 22.0 Å². The summed E-state index contributed by atoms with van der Waals surface area (Å²) in [6.45, 7) is 0. The zero-order valence-electron chi connectivity index (χ0n) is 13.8. The van der Waals surface area contributed by atoms with Crippen molar-refractivity contribution < 1.29 is 13.2 Å². The van der Waals surface area contributed by atoms with Crippen molar-refractivity contribution in [2.24, 2.45) is 0 Å². The molecule has 4 aromatic rings. The molecular formula is C19H13BrF2N4O. The molecule has 0 fully saturated rings. The van der Waals surface area contributed by atoms with Crippen LogP contribution in [-0.2, 0) is 6.42 Å². The molecule has 2 aromatic carbocycles. The van der Waals surface area contributed by atoms with Crippen LogP contribution < -0.4 is 5.32 Å². The summed E-state index contributed by atoms with van der Waals surface area (Å²) in [5.41, 5.74) is 3.23. The quantitative estimate of drug-likeness (QED) is 0.461. The van der Waals surface area contributed by atoms with Gasteiger partial charge in [-0.15, -0.1) is 0 Å². The molecule has 0 spiro atoms. The monoisotopic (exact) mass is 430 g/mol. The third-order valence-corrected chi connectivity index (χ3v) is 5.30. The van der Waals surface area contributed by atoms with Crippen molar-refractivity contribution in [2.45, 2.75) is 18.4 Å². The second-order valence-corrected chi connectivity index (χ2v) is 7.47. The topological polar surface area (TPSA) is 66.7 Å².